The fourth-order valence-corrected chi connectivity index (χ4v) is 2.95. The Hall–Kier alpha value is -3.49. The van der Waals surface area contributed by atoms with Gasteiger partial charge in [0.15, 0.2) is 11.5 Å². The summed E-state index contributed by atoms with van der Waals surface area (Å²) in [5.74, 6) is -0.0775. The van der Waals surface area contributed by atoms with Gasteiger partial charge < -0.3 is 19.9 Å². The van der Waals surface area contributed by atoms with Crippen molar-refractivity contribution in [2.24, 2.45) is 0 Å². The molecule has 0 bridgehead atoms. The smallest absolute Gasteiger partial charge is 0.338 e. The van der Waals surface area contributed by atoms with Gasteiger partial charge in [0, 0.05) is 38.8 Å². The van der Waals surface area contributed by atoms with Crippen LogP contribution in [-0.2, 0) is 9.53 Å². The van der Waals surface area contributed by atoms with Crippen molar-refractivity contribution in [1.29, 1.82) is 0 Å². The number of anilines is 2. The average molecular weight is 397 g/mol. The van der Waals surface area contributed by atoms with E-state index in [0.717, 1.165) is 5.69 Å². The zero-order chi connectivity index (χ0) is 20.8. The molecule has 152 valence electrons. The van der Waals surface area contributed by atoms with Crippen LogP contribution >= 0.6 is 0 Å². The minimum absolute atomic E-state index is 0.0163. The summed E-state index contributed by atoms with van der Waals surface area (Å²) < 4.78 is 4.95. The van der Waals surface area contributed by atoms with Crippen LogP contribution in [0, 0.1) is 0 Å². The van der Waals surface area contributed by atoms with E-state index in [1.54, 1.807) is 53.1 Å². The molecule has 1 aliphatic rings. The Morgan fingerprint density at radius 2 is 1.62 bits per heavy atom. The Morgan fingerprint density at radius 3 is 2.17 bits per heavy atom. The number of esters is 1. The third-order valence-electron chi connectivity index (χ3n) is 4.56. The van der Waals surface area contributed by atoms with Gasteiger partial charge in [-0.1, -0.05) is 0 Å². The van der Waals surface area contributed by atoms with Crippen molar-refractivity contribution in [2.45, 2.75) is 13.8 Å². The molecule has 3 rings (SSSR count). The van der Waals surface area contributed by atoms with Gasteiger partial charge in [-0.2, -0.15) is 0 Å². The van der Waals surface area contributed by atoms with Crippen LogP contribution in [0.1, 0.15) is 34.7 Å². The van der Waals surface area contributed by atoms with Crippen molar-refractivity contribution in [1.82, 2.24) is 20.0 Å². The fraction of sp³-hybridized carbons (Fsp3) is 0.350. The molecule has 2 heterocycles. The van der Waals surface area contributed by atoms with Crippen LogP contribution < -0.4 is 5.32 Å². The third-order valence-corrected chi connectivity index (χ3v) is 4.56. The number of carbonyl (C=O) groups excluding carboxylic acids is 3. The van der Waals surface area contributed by atoms with Gasteiger partial charge in [0.2, 0.25) is 5.91 Å². The molecule has 9 nitrogen and oxygen atoms in total. The number of nitrogens with zero attached hydrogens (tertiary/aromatic N) is 4. The van der Waals surface area contributed by atoms with E-state index in [9.17, 15) is 14.4 Å². The van der Waals surface area contributed by atoms with Gasteiger partial charge in [-0.25, -0.2) is 4.79 Å². The molecular formula is C20H23N5O4. The number of nitrogens with one attached hydrogen (secondary N) is 1. The maximum absolute atomic E-state index is 12.6. The summed E-state index contributed by atoms with van der Waals surface area (Å²) in [6.07, 6.45) is 0. The first kappa shape index (κ1) is 20.2. The summed E-state index contributed by atoms with van der Waals surface area (Å²) in [4.78, 5) is 39.0. The molecule has 1 saturated heterocycles. The van der Waals surface area contributed by atoms with Gasteiger partial charge in [-0.05, 0) is 43.3 Å². The number of amides is 2. The number of carbonyl (C=O) groups is 3. The van der Waals surface area contributed by atoms with E-state index in [1.165, 1.54) is 6.92 Å². The maximum atomic E-state index is 12.6. The zero-order valence-electron chi connectivity index (χ0n) is 16.4. The van der Waals surface area contributed by atoms with E-state index in [2.05, 4.69) is 15.5 Å². The van der Waals surface area contributed by atoms with E-state index in [-0.39, 0.29) is 23.5 Å². The Morgan fingerprint density at radius 1 is 0.966 bits per heavy atom. The molecule has 0 radical (unpaired) electrons. The van der Waals surface area contributed by atoms with E-state index in [1.807, 2.05) is 0 Å². The Balaban J connectivity index is 1.58. The summed E-state index contributed by atoms with van der Waals surface area (Å²) in [7, 11) is 0. The van der Waals surface area contributed by atoms with Gasteiger partial charge in [-0.15, -0.1) is 10.2 Å². The molecule has 1 fully saturated rings. The lowest BCUT2D eigenvalue weighted by atomic mass is 10.2. The summed E-state index contributed by atoms with van der Waals surface area (Å²) in [5, 5.41) is 11.1. The normalized spacial score (nSPS) is 13.7. The van der Waals surface area contributed by atoms with E-state index in [0.29, 0.717) is 44.2 Å². The lowest BCUT2D eigenvalue weighted by molar-refractivity contribution is -0.130. The fourth-order valence-electron chi connectivity index (χ4n) is 2.95. The van der Waals surface area contributed by atoms with Gasteiger partial charge >= 0.3 is 5.97 Å². The first-order chi connectivity index (χ1) is 14.0. The number of rotatable bonds is 5. The minimum Gasteiger partial charge on any atom is -0.462 e. The van der Waals surface area contributed by atoms with Crippen molar-refractivity contribution in [3.63, 3.8) is 0 Å². The first-order valence-corrected chi connectivity index (χ1v) is 9.40. The maximum Gasteiger partial charge on any atom is 0.338 e. The quantitative estimate of drug-likeness (QED) is 0.766. The number of piperazine rings is 1. The van der Waals surface area contributed by atoms with Crippen LogP contribution in [0.5, 0.6) is 0 Å². The van der Waals surface area contributed by atoms with Crippen molar-refractivity contribution in [2.75, 3.05) is 38.1 Å². The number of hydrogen-bond donors (Lipinski definition) is 1. The van der Waals surface area contributed by atoms with E-state index in [4.69, 9.17) is 4.74 Å². The highest BCUT2D eigenvalue weighted by Crippen LogP contribution is 2.16. The van der Waals surface area contributed by atoms with E-state index < -0.39 is 0 Å². The number of aromatic nitrogens is 2. The highest BCUT2D eigenvalue weighted by molar-refractivity contribution is 5.92. The second-order valence-corrected chi connectivity index (χ2v) is 6.52. The first-order valence-electron chi connectivity index (χ1n) is 9.40. The van der Waals surface area contributed by atoms with Crippen LogP contribution in [0.3, 0.4) is 0 Å². The Kier molecular flexibility index (Phi) is 6.38. The average Bonchev–Trinajstić information content (AvgIpc) is 2.74. The molecule has 2 aromatic rings. The predicted octanol–water partition coefficient (Wildman–Crippen LogP) is 1.70. The minimum atomic E-state index is -0.370. The molecule has 0 spiro atoms. The van der Waals surface area contributed by atoms with Gasteiger partial charge in [0.25, 0.3) is 5.91 Å². The Labute approximate surface area is 168 Å². The highest BCUT2D eigenvalue weighted by atomic mass is 16.5. The molecular weight excluding hydrogens is 374 g/mol. The van der Waals surface area contributed by atoms with Crippen LogP contribution in [-0.4, -0.2) is 70.6 Å². The summed E-state index contributed by atoms with van der Waals surface area (Å²) in [5.41, 5.74) is 1.45. The molecule has 0 atom stereocenters. The molecule has 0 aliphatic carbocycles. The van der Waals surface area contributed by atoms with Crippen LogP contribution in [0.25, 0.3) is 0 Å². The molecule has 1 N–H and O–H groups in total. The molecule has 29 heavy (non-hydrogen) atoms. The van der Waals surface area contributed by atoms with Crippen molar-refractivity contribution in [3.05, 3.63) is 47.7 Å². The van der Waals surface area contributed by atoms with Crippen molar-refractivity contribution in [3.8, 4) is 0 Å². The number of benzene rings is 1. The van der Waals surface area contributed by atoms with Gasteiger partial charge in [0.05, 0.1) is 12.2 Å². The second-order valence-electron chi connectivity index (χ2n) is 6.52. The molecule has 9 heteroatoms. The summed E-state index contributed by atoms with van der Waals surface area (Å²) >= 11 is 0. The predicted molar refractivity (Wildman–Crippen MR) is 106 cm³/mol. The zero-order valence-corrected chi connectivity index (χ0v) is 16.4. The van der Waals surface area contributed by atoms with Crippen LogP contribution in [0.15, 0.2) is 36.4 Å². The van der Waals surface area contributed by atoms with Crippen LogP contribution in [0.2, 0.25) is 0 Å². The standard InChI is InChI=1S/C20H23N5O4/c1-3-29-20(28)15-4-6-16(7-5-15)21-18-9-8-17(22-23-18)19(27)25-12-10-24(11-13-25)14(2)26/h4-9H,3,10-13H2,1-2H3,(H,21,23). The largest absolute Gasteiger partial charge is 0.462 e. The van der Waals surface area contributed by atoms with E-state index >= 15 is 0 Å². The van der Waals surface area contributed by atoms with Crippen LogP contribution in [0.4, 0.5) is 11.5 Å². The third kappa shape index (κ3) is 5.07. The molecule has 1 aromatic carbocycles. The van der Waals surface area contributed by atoms with Crippen molar-refractivity contribution < 1.29 is 19.1 Å². The molecule has 2 amide bonds. The summed E-state index contributed by atoms with van der Waals surface area (Å²) in [6.45, 7) is 5.61. The Bertz CT molecular complexity index is 875. The monoisotopic (exact) mass is 397 g/mol. The summed E-state index contributed by atoms with van der Waals surface area (Å²) in [6, 6.07) is 10.1. The second kappa shape index (κ2) is 9.13. The molecule has 0 unspecified atom stereocenters. The molecule has 0 saturated carbocycles. The highest BCUT2D eigenvalue weighted by Gasteiger charge is 2.24. The lowest BCUT2D eigenvalue weighted by Crippen LogP contribution is -2.50. The molecule has 1 aliphatic heterocycles. The topological polar surface area (TPSA) is 105 Å². The van der Waals surface area contributed by atoms with Crippen molar-refractivity contribution >= 4 is 29.3 Å². The number of hydrogen-bond acceptors (Lipinski definition) is 7. The van der Waals surface area contributed by atoms with Gasteiger partial charge in [-0.3, -0.25) is 9.59 Å². The molecule has 1 aromatic heterocycles. The van der Waals surface area contributed by atoms with Gasteiger partial charge in [0.1, 0.15) is 0 Å². The SMILES string of the molecule is CCOC(=O)c1ccc(Nc2ccc(C(=O)N3CCN(C(C)=O)CC3)nn2)cc1. The lowest BCUT2D eigenvalue weighted by Gasteiger charge is -2.33. The number of ether oxygens (including phenoxy) is 1.